The fraction of sp³-hybridized carbons (Fsp3) is 0.316. The number of nitrogens with zero attached hydrogens (tertiary/aromatic N) is 1. The second-order valence-electron chi connectivity index (χ2n) is 6.60. The quantitative estimate of drug-likeness (QED) is 0.776. The number of nitrogens with one attached hydrogen (secondary N) is 1. The lowest BCUT2D eigenvalue weighted by Gasteiger charge is -2.34. The van der Waals surface area contributed by atoms with Crippen LogP contribution in [0.3, 0.4) is 0 Å². The number of anilines is 1. The Labute approximate surface area is 167 Å². The second kappa shape index (κ2) is 8.55. The van der Waals surface area contributed by atoms with E-state index in [1.54, 1.807) is 0 Å². The first kappa shape index (κ1) is 20.7. The van der Waals surface area contributed by atoms with Crippen LogP contribution < -0.4 is 5.32 Å². The van der Waals surface area contributed by atoms with Crippen molar-refractivity contribution in [2.75, 3.05) is 11.9 Å². The first-order valence-electron chi connectivity index (χ1n) is 8.79. The molecule has 3 rings (SSSR count). The third-order valence-electron chi connectivity index (χ3n) is 4.62. The zero-order valence-electron chi connectivity index (χ0n) is 14.9. The summed E-state index contributed by atoms with van der Waals surface area (Å²) in [5, 5.41) is 2.50. The van der Waals surface area contributed by atoms with Crippen molar-refractivity contribution in [1.82, 2.24) is 4.31 Å². The van der Waals surface area contributed by atoms with Crippen LogP contribution >= 0.6 is 11.6 Å². The molecule has 0 spiro atoms. The molecule has 1 heterocycles. The van der Waals surface area contributed by atoms with E-state index in [1.807, 2.05) is 0 Å². The molecule has 0 aliphatic carbocycles. The first-order valence-corrected chi connectivity index (χ1v) is 10.6. The topological polar surface area (TPSA) is 66.5 Å². The Bertz CT molecular complexity index is 968. The smallest absolute Gasteiger partial charge is 0.243 e. The summed E-state index contributed by atoms with van der Waals surface area (Å²) < 4.78 is 53.6. The molecule has 1 aliphatic heterocycles. The maximum Gasteiger partial charge on any atom is 0.243 e. The monoisotopic (exact) mass is 428 g/mol. The lowest BCUT2D eigenvalue weighted by Crippen LogP contribution is -2.45. The van der Waals surface area contributed by atoms with Crippen LogP contribution in [0.25, 0.3) is 0 Å². The number of sulfonamides is 1. The van der Waals surface area contributed by atoms with Crippen LogP contribution in [0.2, 0.25) is 5.02 Å². The van der Waals surface area contributed by atoms with Crippen molar-refractivity contribution in [3.8, 4) is 0 Å². The standard InChI is InChI=1S/C19H19ClF2N2O3S/c20-17-11-14(6-9-18(17)22)23-19(25)12-15-3-1-2-10-24(15)28(26,27)16-7-4-13(21)5-8-16/h4-9,11,15H,1-3,10,12H2,(H,23,25)/t15-/m1/s1. The number of rotatable bonds is 5. The summed E-state index contributed by atoms with van der Waals surface area (Å²) in [7, 11) is -3.84. The zero-order chi connectivity index (χ0) is 20.3. The summed E-state index contributed by atoms with van der Waals surface area (Å²) in [6.07, 6.45) is 1.98. The van der Waals surface area contributed by atoms with Gasteiger partial charge in [-0.3, -0.25) is 4.79 Å². The fourth-order valence-electron chi connectivity index (χ4n) is 3.24. The molecule has 28 heavy (non-hydrogen) atoms. The molecule has 1 N–H and O–H groups in total. The Hall–Kier alpha value is -2.03. The van der Waals surface area contributed by atoms with Crippen LogP contribution in [0.1, 0.15) is 25.7 Å². The van der Waals surface area contributed by atoms with E-state index in [9.17, 15) is 22.0 Å². The molecule has 1 saturated heterocycles. The van der Waals surface area contributed by atoms with E-state index in [0.29, 0.717) is 25.1 Å². The zero-order valence-corrected chi connectivity index (χ0v) is 16.4. The molecule has 2 aromatic rings. The van der Waals surface area contributed by atoms with Gasteiger partial charge in [-0.05, 0) is 55.3 Å². The number of benzene rings is 2. The van der Waals surface area contributed by atoms with E-state index in [2.05, 4.69) is 5.32 Å². The molecule has 9 heteroatoms. The van der Waals surface area contributed by atoms with Gasteiger partial charge in [0.05, 0.1) is 9.92 Å². The van der Waals surface area contributed by atoms with Gasteiger partial charge in [-0.15, -0.1) is 0 Å². The molecule has 5 nitrogen and oxygen atoms in total. The number of amides is 1. The van der Waals surface area contributed by atoms with E-state index in [4.69, 9.17) is 11.6 Å². The van der Waals surface area contributed by atoms with Crippen molar-refractivity contribution >= 4 is 33.2 Å². The molecule has 1 fully saturated rings. The van der Waals surface area contributed by atoms with E-state index in [1.165, 1.54) is 28.6 Å². The van der Waals surface area contributed by atoms with Gasteiger partial charge in [0.25, 0.3) is 0 Å². The highest BCUT2D eigenvalue weighted by atomic mass is 35.5. The summed E-state index contributed by atoms with van der Waals surface area (Å²) in [6.45, 7) is 0.292. The van der Waals surface area contributed by atoms with Crippen LogP contribution in [0.15, 0.2) is 47.4 Å². The van der Waals surface area contributed by atoms with Crippen molar-refractivity contribution in [3.63, 3.8) is 0 Å². The number of carbonyl (C=O) groups is 1. The molecule has 0 aromatic heterocycles. The SMILES string of the molecule is O=C(C[C@H]1CCCCN1S(=O)(=O)c1ccc(F)cc1)Nc1ccc(F)c(Cl)c1. The highest BCUT2D eigenvalue weighted by Crippen LogP contribution is 2.28. The Morgan fingerprint density at radius 1 is 1.14 bits per heavy atom. The summed E-state index contributed by atoms with van der Waals surface area (Å²) in [5.74, 6) is -1.51. The molecule has 1 atom stereocenters. The Morgan fingerprint density at radius 2 is 1.86 bits per heavy atom. The van der Waals surface area contributed by atoms with Crippen molar-refractivity contribution < 1.29 is 22.0 Å². The number of halogens is 3. The van der Waals surface area contributed by atoms with Gasteiger partial charge in [0.2, 0.25) is 15.9 Å². The van der Waals surface area contributed by atoms with E-state index >= 15 is 0 Å². The molecule has 0 saturated carbocycles. The third kappa shape index (κ3) is 4.68. The second-order valence-corrected chi connectivity index (χ2v) is 8.90. The van der Waals surface area contributed by atoms with Crippen LogP contribution in [0.4, 0.5) is 14.5 Å². The Kier molecular flexibility index (Phi) is 6.32. The normalized spacial score (nSPS) is 18.0. The van der Waals surface area contributed by atoms with Gasteiger partial charge < -0.3 is 5.32 Å². The van der Waals surface area contributed by atoms with E-state index in [-0.39, 0.29) is 16.3 Å². The lowest BCUT2D eigenvalue weighted by molar-refractivity contribution is -0.117. The van der Waals surface area contributed by atoms with Gasteiger partial charge >= 0.3 is 0 Å². The summed E-state index contributed by atoms with van der Waals surface area (Å²) in [6, 6.07) is 7.93. The van der Waals surface area contributed by atoms with Gasteiger partial charge in [-0.2, -0.15) is 4.31 Å². The fourth-order valence-corrected chi connectivity index (χ4v) is 5.11. The van der Waals surface area contributed by atoms with Crippen LogP contribution in [0.5, 0.6) is 0 Å². The van der Waals surface area contributed by atoms with Crippen LogP contribution in [0, 0.1) is 11.6 Å². The number of piperidine rings is 1. The molecular formula is C19H19ClF2N2O3S. The molecule has 150 valence electrons. The van der Waals surface area contributed by atoms with E-state index in [0.717, 1.165) is 24.6 Å². The third-order valence-corrected chi connectivity index (χ3v) is 6.87. The van der Waals surface area contributed by atoms with Crippen molar-refractivity contribution in [2.45, 2.75) is 36.6 Å². The van der Waals surface area contributed by atoms with E-state index < -0.39 is 33.6 Å². The molecule has 0 bridgehead atoms. The molecule has 1 amide bonds. The molecule has 2 aromatic carbocycles. The minimum atomic E-state index is -3.84. The van der Waals surface area contributed by atoms with Gasteiger partial charge in [0.15, 0.2) is 0 Å². The minimum absolute atomic E-state index is 0.00785. The molecule has 0 unspecified atom stereocenters. The highest BCUT2D eigenvalue weighted by Gasteiger charge is 2.34. The molecule has 0 radical (unpaired) electrons. The first-order chi connectivity index (χ1) is 13.3. The minimum Gasteiger partial charge on any atom is -0.326 e. The number of hydrogen-bond donors (Lipinski definition) is 1. The number of carbonyl (C=O) groups excluding carboxylic acids is 1. The largest absolute Gasteiger partial charge is 0.326 e. The van der Waals surface area contributed by atoms with Gasteiger partial charge in [-0.25, -0.2) is 17.2 Å². The van der Waals surface area contributed by atoms with Crippen LogP contribution in [-0.4, -0.2) is 31.2 Å². The molecular weight excluding hydrogens is 410 g/mol. The van der Waals surface area contributed by atoms with Crippen LogP contribution in [-0.2, 0) is 14.8 Å². The average molecular weight is 429 g/mol. The number of hydrogen-bond acceptors (Lipinski definition) is 3. The average Bonchev–Trinajstić information content (AvgIpc) is 2.65. The maximum absolute atomic E-state index is 13.2. The highest BCUT2D eigenvalue weighted by molar-refractivity contribution is 7.89. The Morgan fingerprint density at radius 3 is 2.54 bits per heavy atom. The lowest BCUT2D eigenvalue weighted by atomic mass is 10.0. The predicted octanol–water partition coefficient (Wildman–Crippen LogP) is 4.19. The summed E-state index contributed by atoms with van der Waals surface area (Å²) in [4.78, 5) is 12.4. The van der Waals surface area contributed by atoms with Gasteiger partial charge in [-0.1, -0.05) is 18.0 Å². The summed E-state index contributed by atoms with van der Waals surface area (Å²) >= 11 is 5.71. The Balaban J connectivity index is 1.74. The van der Waals surface area contributed by atoms with Gasteiger partial charge in [0, 0.05) is 24.7 Å². The molecule has 1 aliphatic rings. The van der Waals surface area contributed by atoms with Crippen molar-refractivity contribution in [2.24, 2.45) is 0 Å². The summed E-state index contributed by atoms with van der Waals surface area (Å²) in [5.41, 5.74) is 0.333. The maximum atomic E-state index is 13.2. The van der Waals surface area contributed by atoms with Gasteiger partial charge in [0.1, 0.15) is 11.6 Å². The predicted molar refractivity (Wildman–Crippen MR) is 103 cm³/mol. The van der Waals surface area contributed by atoms with Crippen molar-refractivity contribution in [3.05, 3.63) is 59.1 Å². The van der Waals surface area contributed by atoms with Crippen molar-refractivity contribution in [1.29, 1.82) is 0 Å².